The molecular formula is C22H28N6. The Morgan fingerprint density at radius 2 is 1.61 bits per heavy atom. The van der Waals surface area contributed by atoms with Gasteiger partial charge in [0.2, 0.25) is 5.95 Å². The van der Waals surface area contributed by atoms with E-state index in [0.717, 1.165) is 38.5 Å². The highest BCUT2D eigenvalue weighted by molar-refractivity contribution is 5.63. The number of benzene rings is 2. The number of tetrazole rings is 1. The molecule has 1 aromatic heterocycles. The smallest absolute Gasteiger partial charge is 0.245 e. The minimum atomic E-state index is 0.582. The van der Waals surface area contributed by atoms with Gasteiger partial charge < -0.3 is 4.90 Å². The Morgan fingerprint density at radius 3 is 2.36 bits per heavy atom. The summed E-state index contributed by atoms with van der Waals surface area (Å²) in [5.74, 6) is 0.873. The molecule has 0 bridgehead atoms. The highest BCUT2D eigenvalue weighted by Gasteiger charge is 2.21. The number of hydrogen-bond acceptors (Lipinski definition) is 5. The van der Waals surface area contributed by atoms with Crippen LogP contribution in [0.4, 0.5) is 5.95 Å². The highest BCUT2D eigenvalue weighted by atomic mass is 15.6. The zero-order chi connectivity index (χ0) is 19.3. The molecule has 0 N–H and O–H groups in total. The molecule has 1 fully saturated rings. The van der Waals surface area contributed by atoms with E-state index in [1.807, 2.05) is 10.7 Å². The molecule has 0 unspecified atom stereocenters. The standard InChI is InChI=1S/C22H28N6/c1-18(2)26-13-6-14-27(16-15-26)22-23-24-25-28(22)17-19-9-11-21(12-10-19)20-7-4-3-5-8-20/h3-5,7-12,18H,6,13-17H2,1-2H3. The SMILES string of the molecule is CC(C)N1CCCN(c2nnnn2Cc2ccc(-c3ccccc3)cc2)CC1. The fourth-order valence-corrected chi connectivity index (χ4v) is 3.79. The summed E-state index contributed by atoms with van der Waals surface area (Å²) in [5, 5.41) is 12.5. The Kier molecular flexibility index (Phi) is 5.67. The Balaban J connectivity index is 1.46. The monoisotopic (exact) mass is 376 g/mol. The zero-order valence-corrected chi connectivity index (χ0v) is 16.7. The molecule has 4 rings (SSSR count). The predicted octanol–water partition coefficient (Wildman–Crippen LogP) is 3.31. The van der Waals surface area contributed by atoms with E-state index in [2.05, 4.69) is 87.7 Å². The van der Waals surface area contributed by atoms with Crippen molar-refractivity contribution in [2.24, 2.45) is 0 Å². The van der Waals surface area contributed by atoms with Crippen molar-refractivity contribution in [2.45, 2.75) is 32.9 Å². The van der Waals surface area contributed by atoms with Gasteiger partial charge in [0.1, 0.15) is 0 Å². The summed E-state index contributed by atoms with van der Waals surface area (Å²) in [6.07, 6.45) is 1.14. The lowest BCUT2D eigenvalue weighted by Gasteiger charge is -2.25. The Hall–Kier alpha value is -2.73. The van der Waals surface area contributed by atoms with Crippen LogP contribution in [0.3, 0.4) is 0 Å². The van der Waals surface area contributed by atoms with Crippen molar-refractivity contribution in [3.05, 3.63) is 60.2 Å². The van der Waals surface area contributed by atoms with Crippen molar-refractivity contribution < 1.29 is 0 Å². The molecule has 0 amide bonds. The van der Waals surface area contributed by atoms with E-state index < -0.39 is 0 Å². The van der Waals surface area contributed by atoms with Crippen LogP contribution >= 0.6 is 0 Å². The van der Waals surface area contributed by atoms with E-state index in [1.54, 1.807) is 0 Å². The lowest BCUT2D eigenvalue weighted by molar-refractivity contribution is 0.238. The van der Waals surface area contributed by atoms with Gasteiger partial charge in [-0.15, -0.1) is 0 Å². The Bertz CT molecular complexity index is 872. The first kappa shape index (κ1) is 18.6. The van der Waals surface area contributed by atoms with Crippen molar-refractivity contribution in [3.63, 3.8) is 0 Å². The van der Waals surface area contributed by atoms with Crippen LogP contribution in [-0.4, -0.2) is 57.3 Å². The molecule has 3 aromatic rings. The summed E-state index contributed by atoms with van der Waals surface area (Å²) in [7, 11) is 0. The molecule has 2 heterocycles. The van der Waals surface area contributed by atoms with Gasteiger partial charge in [0.05, 0.1) is 6.54 Å². The maximum atomic E-state index is 4.32. The second-order valence-electron chi connectivity index (χ2n) is 7.67. The molecule has 6 heteroatoms. The molecule has 0 aliphatic carbocycles. The van der Waals surface area contributed by atoms with Crippen molar-refractivity contribution in [1.29, 1.82) is 0 Å². The fourth-order valence-electron chi connectivity index (χ4n) is 3.79. The van der Waals surface area contributed by atoms with Gasteiger partial charge in [0, 0.05) is 32.2 Å². The average molecular weight is 377 g/mol. The minimum absolute atomic E-state index is 0.582. The first-order chi connectivity index (χ1) is 13.7. The number of anilines is 1. The summed E-state index contributed by atoms with van der Waals surface area (Å²) >= 11 is 0. The lowest BCUT2D eigenvalue weighted by atomic mass is 10.0. The van der Waals surface area contributed by atoms with Crippen LogP contribution in [0.1, 0.15) is 25.8 Å². The molecule has 0 radical (unpaired) electrons. The number of aromatic nitrogens is 4. The maximum absolute atomic E-state index is 4.32. The second kappa shape index (κ2) is 8.52. The van der Waals surface area contributed by atoms with Gasteiger partial charge in [0.15, 0.2) is 0 Å². The third kappa shape index (κ3) is 4.22. The van der Waals surface area contributed by atoms with Gasteiger partial charge in [-0.25, -0.2) is 4.68 Å². The van der Waals surface area contributed by atoms with Crippen molar-refractivity contribution in [3.8, 4) is 11.1 Å². The van der Waals surface area contributed by atoms with Gasteiger partial charge in [-0.3, -0.25) is 4.90 Å². The molecule has 2 aromatic carbocycles. The van der Waals surface area contributed by atoms with Gasteiger partial charge in [-0.1, -0.05) is 59.7 Å². The lowest BCUT2D eigenvalue weighted by Crippen LogP contribution is -2.35. The number of hydrogen-bond donors (Lipinski definition) is 0. The zero-order valence-electron chi connectivity index (χ0n) is 16.7. The average Bonchev–Trinajstić information content (AvgIpc) is 3.03. The topological polar surface area (TPSA) is 50.1 Å². The van der Waals surface area contributed by atoms with Crippen molar-refractivity contribution in [1.82, 2.24) is 25.1 Å². The summed E-state index contributed by atoms with van der Waals surface area (Å²) in [4.78, 5) is 4.84. The molecule has 1 saturated heterocycles. The van der Waals surface area contributed by atoms with Gasteiger partial charge >= 0.3 is 0 Å². The second-order valence-corrected chi connectivity index (χ2v) is 7.67. The molecule has 0 atom stereocenters. The number of rotatable bonds is 5. The van der Waals surface area contributed by atoms with Crippen LogP contribution < -0.4 is 4.90 Å². The quantitative estimate of drug-likeness (QED) is 0.684. The minimum Gasteiger partial charge on any atom is -0.338 e. The normalized spacial score (nSPS) is 15.8. The predicted molar refractivity (Wildman–Crippen MR) is 112 cm³/mol. The largest absolute Gasteiger partial charge is 0.338 e. The number of nitrogens with zero attached hydrogens (tertiary/aromatic N) is 6. The Morgan fingerprint density at radius 1 is 0.857 bits per heavy atom. The highest BCUT2D eigenvalue weighted by Crippen LogP contribution is 2.20. The molecule has 0 saturated carbocycles. The van der Waals surface area contributed by atoms with Crippen LogP contribution in [0.5, 0.6) is 0 Å². The van der Waals surface area contributed by atoms with E-state index >= 15 is 0 Å². The van der Waals surface area contributed by atoms with E-state index in [1.165, 1.54) is 16.7 Å². The van der Waals surface area contributed by atoms with Gasteiger partial charge in [0.25, 0.3) is 0 Å². The molecular weight excluding hydrogens is 348 g/mol. The van der Waals surface area contributed by atoms with Crippen LogP contribution in [0, 0.1) is 0 Å². The van der Waals surface area contributed by atoms with Crippen LogP contribution in [0.25, 0.3) is 11.1 Å². The first-order valence-corrected chi connectivity index (χ1v) is 10.1. The van der Waals surface area contributed by atoms with Crippen molar-refractivity contribution in [2.75, 3.05) is 31.1 Å². The molecule has 0 spiro atoms. The first-order valence-electron chi connectivity index (χ1n) is 10.1. The van der Waals surface area contributed by atoms with E-state index in [4.69, 9.17) is 0 Å². The van der Waals surface area contributed by atoms with E-state index in [9.17, 15) is 0 Å². The summed E-state index contributed by atoms with van der Waals surface area (Å²) in [5.41, 5.74) is 3.66. The van der Waals surface area contributed by atoms with Crippen LogP contribution in [-0.2, 0) is 6.54 Å². The van der Waals surface area contributed by atoms with E-state index in [0.29, 0.717) is 12.6 Å². The third-order valence-corrected chi connectivity index (χ3v) is 5.45. The Labute approximate surface area is 166 Å². The summed E-state index contributed by atoms with van der Waals surface area (Å²) in [6.45, 7) is 9.36. The molecule has 28 heavy (non-hydrogen) atoms. The van der Waals surface area contributed by atoms with Crippen LogP contribution in [0.2, 0.25) is 0 Å². The molecule has 1 aliphatic rings. The summed E-state index contributed by atoms with van der Waals surface area (Å²) in [6, 6.07) is 19.7. The molecule has 146 valence electrons. The fraction of sp³-hybridized carbons (Fsp3) is 0.409. The van der Waals surface area contributed by atoms with Crippen LogP contribution in [0.15, 0.2) is 54.6 Å². The van der Waals surface area contributed by atoms with Gasteiger partial charge in [-0.05, 0) is 47.4 Å². The summed E-state index contributed by atoms with van der Waals surface area (Å²) < 4.78 is 1.92. The van der Waals surface area contributed by atoms with Crippen molar-refractivity contribution >= 4 is 5.95 Å². The van der Waals surface area contributed by atoms with Gasteiger partial charge in [-0.2, -0.15) is 0 Å². The van der Waals surface area contributed by atoms with E-state index in [-0.39, 0.29) is 0 Å². The third-order valence-electron chi connectivity index (χ3n) is 5.45. The molecule has 6 nitrogen and oxygen atoms in total. The maximum Gasteiger partial charge on any atom is 0.245 e. The molecule has 1 aliphatic heterocycles.